The summed E-state index contributed by atoms with van der Waals surface area (Å²) < 4.78 is 39.4. The van der Waals surface area contributed by atoms with Gasteiger partial charge in [-0.3, -0.25) is 0 Å². The van der Waals surface area contributed by atoms with Gasteiger partial charge >= 0.3 is 0 Å². The Hall–Kier alpha value is -1.13. The molecule has 0 aromatic heterocycles. The molecule has 0 N–H and O–H groups in total. The van der Waals surface area contributed by atoms with Gasteiger partial charge in [0.05, 0.1) is 0 Å². The van der Waals surface area contributed by atoms with E-state index in [9.17, 15) is 13.2 Å². The topological polar surface area (TPSA) is 0 Å². The van der Waals surface area contributed by atoms with E-state index in [1.165, 1.54) is 24.3 Å². The molecule has 0 fully saturated rings. The first kappa shape index (κ1) is 13.3. The summed E-state index contributed by atoms with van der Waals surface area (Å²) >= 11 is 6.98. The minimum absolute atomic E-state index is 0.217. The van der Waals surface area contributed by atoms with E-state index < -0.39 is 17.5 Å². The van der Waals surface area contributed by atoms with Gasteiger partial charge in [-0.25, -0.2) is 13.2 Å². The van der Waals surface area contributed by atoms with Gasteiger partial charge in [-0.1, -0.05) is 17.7 Å². The van der Waals surface area contributed by atoms with Crippen LogP contribution < -0.4 is 0 Å². The van der Waals surface area contributed by atoms with E-state index in [1.807, 2.05) is 0 Å². The van der Waals surface area contributed by atoms with Crippen molar-refractivity contribution >= 4 is 23.4 Å². The minimum atomic E-state index is -0.655. The highest BCUT2D eigenvalue weighted by Crippen LogP contribution is 2.29. The smallest absolute Gasteiger partial charge is 0.128 e. The van der Waals surface area contributed by atoms with Crippen molar-refractivity contribution in [2.24, 2.45) is 0 Å². The van der Waals surface area contributed by atoms with Gasteiger partial charge in [-0.05, 0) is 24.3 Å². The van der Waals surface area contributed by atoms with Gasteiger partial charge in [-0.2, -0.15) is 0 Å². The van der Waals surface area contributed by atoms with Gasteiger partial charge in [0.1, 0.15) is 17.5 Å². The summed E-state index contributed by atoms with van der Waals surface area (Å²) in [6, 6.07) is 7.57. The Labute approximate surface area is 112 Å². The predicted molar refractivity (Wildman–Crippen MR) is 67.3 cm³/mol. The van der Waals surface area contributed by atoms with E-state index in [0.717, 1.165) is 17.8 Å². The van der Waals surface area contributed by atoms with Crippen LogP contribution in [-0.4, -0.2) is 0 Å². The number of hydrogen-bond acceptors (Lipinski definition) is 1. The summed E-state index contributed by atoms with van der Waals surface area (Å²) in [4.78, 5) is 0.395. The SMILES string of the molecule is Fc1cc(F)cc(SCc2c(F)cccc2Cl)c1. The second kappa shape index (κ2) is 5.67. The first-order valence-electron chi connectivity index (χ1n) is 5.08. The van der Waals surface area contributed by atoms with Crippen LogP contribution in [0.5, 0.6) is 0 Å². The molecule has 0 bridgehead atoms. The quantitative estimate of drug-likeness (QED) is 0.712. The first-order valence-corrected chi connectivity index (χ1v) is 6.44. The molecule has 0 saturated heterocycles. The first-order chi connectivity index (χ1) is 8.56. The molecular formula is C13H8ClF3S. The number of thioether (sulfide) groups is 1. The molecule has 0 amide bonds. The van der Waals surface area contributed by atoms with Crippen LogP contribution in [0.15, 0.2) is 41.3 Å². The van der Waals surface area contributed by atoms with E-state index in [0.29, 0.717) is 15.5 Å². The molecule has 0 heterocycles. The summed E-state index contributed by atoms with van der Waals surface area (Å²) in [7, 11) is 0. The fourth-order valence-corrected chi connectivity index (χ4v) is 2.74. The van der Waals surface area contributed by atoms with E-state index in [4.69, 9.17) is 11.6 Å². The Morgan fingerprint density at radius 2 is 1.67 bits per heavy atom. The van der Waals surface area contributed by atoms with Crippen molar-refractivity contribution < 1.29 is 13.2 Å². The van der Waals surface area contributed by atoms with Crippen molar-refractivity contribution in [2.45, 2.75) is 10.6 Å². The van der Waals surface area contributed by atoms with Crippen LogP contribution in [0, 0.1) is 17.5 Å². The third kappa shape index (κ3) is 3.21. The highest BCUT2D eigenvalue weighted by Gasteiger charge is 2.08. The highest BCUT2D eigenvalue weighted by molar-refractivity contribution is 7.98. The summed E-state index contributed by atoms with van der Waals surface area (Å²) in [5.74, 6) is -1.52. The molecule has 0 unspecified atom stereocenters. The Morgan fingerprint density at radius 1 is 1.00 bits per heavy atom. The normalized spacial score (nSPS) is 10.7. The maximum atomic E-state index is 13.5. The number of benzene rings is 2. The van der Waals surface area contributed by atoms with Crippen molar-refractivity contribution in [3.8, 4) is 0 Å². The van der Waals surface area contributed by atoms with Gasteiger partial charge in [0, 0.05) is 27.3 Å². The van der Waals surface area contributed by atoms with Crippen molar-refractivity contribution in [1.82, 2.24) is 0 Å². The van der Waals surface area contributed by atoms with Gasteiger partial charge < -0.3 is 0 Å². The van der Waals surface area contributed by atoms with Crippen LogP contribution in [0.3, 0.4) is 0 Å². The summed E-state index contributed by atoms with van der Waals surface area (Å²) in [6.45, 7) is 0. The summed E-state index contributed by atoms with van der Waals surface area (Å²) in [5, 5.41) is 0.305. The van der Waals surface area contributed by atoms with Crippen LogP contribution in [0.1, 0.15) is 5.56 Å². The molecule has 0 radical (unpaired) electrons. The Morgan fingerprint density at radius 3 is 2.28 bits per heavy atom. The lowest BCUT2D eigenvalue weighted by molar-refractivity contribution is 0.577. The molecule has 0 aliphatic carbocycles. The maximum Gasteiger partial charge on any atom is 0.128 e. The van der Waals surface area contributed by atoms with Crippen molar-refractivity contribution in [2.75, 3.05) is 0 Å². The minimum Gasteiger partial charge on any atom is -0.207 e. The Kier molecular flexibility index (Phi) is 4.19. The monoisotopic (exact) mass is 288 g/mol. The summed E-state index contributed by atoms with van der Waals surface area (Å²) in [5.41, 5.74) is 0.328. The standard InChI is InChI=1S/C13H8ClF3S/c14-12-2-1-3-13(17)11(12)7-18-10-5-8(15)4-9(16)6-10/h1-6H,7H2. The number of rotatable bonds is 3. The molecular weight excluding hydrogens is 281 g/mol. The molecule has 5 heteroatoms. The molecule has 0 atom stereocenters. The van der Waals surface area contributed by atoms with Gasteiger partial charge in [0.15, 0.2) is 0 Å². The average Bonchev–Trinajstić information content (AvgIpc) is 2.27. The fraction of sp³-hybridized carbons (Fsp3) is 0.0769. The maximum absolute atomic E-state index is 13.5. The van der Waals surface area contributed by atoms with E-state index in [1.54, 1.807) is 6.07 Å². The lowest BCUT2D eigenvalue weighted by Gasteiger charge is -2.06. The molecule has 18 heavy (non-hydrogen) atoms. The second-order valence-electron chi connectivity index (χ2n) is 3.59. The second-order valence-corrected chi connectivity index (χ2v) is 5.05. The van der Waals surface area contributed by atoms with Gasteiger partial charge in [0.25, 0.3) is 0 Å². The zero-order valence-electron chi connectivity index (χ0n) is 9.09. The molecule has 2 rings (SSSR count). The van der Waals surface area contributed by atoms with Crippen LogP contribution in [0.2, 0.25) is 5.02 Å². The predicted octanol–water partition coefficient (Wildman–Crippen LogP) is 5.05. The van der Waals surface area contributed by atoms with Crippen molar-refractivity contribution in [3.05, 3.63) is 64.4 Å². The molecule has 0 aliphatic heterocycles. The fourth-order valence-electron chi connectivity index (χ4n) is 1.44. The van der Waals surface area contributed by atoms with Crippen LogP contribution in [-0.2, 0) is 5.75 Å². The van der Waals surface area contributed by atoms with E-state index >= 15 is 0 Å². The van der Waals surface area contributed by atoms with E-state index in [-0.39, 0.29) is 5.75 Å². The van der Waals surface area contributed by atoms with Crippen LogP contribution >= 0.6 is 23.4 Å². The molecule has 2 aromatic carbocycles. The summed E-state index contributed by atoms with van der Waals surface area (Å²) in [6.07, 6.45) is 0. The molecule has 0 spiro atoms. The highest BCUT2D eigenvalue weighted by atomic mass is 35.5. The third-order valence-corrected chi connectivity index (χ3v) is 3.64. The molecule has 2 aromatic rings. The average molecular weight is 289 g/mol. The molecule has 94 valence electrons. The zero-order valence-corrected chi connectivity index (χ0v) is 10.7. The van der Waals surface area contributed by atoms with Crippen LogP contribution in [0.4, 0.5) is 13.2 Å². The number of hydrogen-bond donors (Lipinski definition) is 0. The third-order valence-electron chi connectivity index (χ3n) is 2.28. The van der Waals surface area contributed by atoms with Gasteiger partial charge in [-0.15, -0.1) is 11.8 Å². The molecule has 0 aliphatic rings. The molecule has 0 saturated carbocycles. The lowest BCUT2D eigenvalue weighted by atomic mass is 10.2. The zero-order chi connectivity index (χ0) is 13.1. The van der Waals surface area contributed by atoms with Gasteiger partial charge in [0.2, 0.25) is 0 Å². The van der Waals surface area contributed by atoms with Crippen molar-refractivity contribution in [3.63, 3.8) is 0 Å². The molecule has 0 nitrogen and oxygen atoms in total. The van der Waals surface area contributed by atoms with E-state index in [2.05, 4.69) is 0 Å². The Bertz CT molecular complexity index is 532. The Balaban J connectivity index is 2.16. The lowest BCUT2D eigenvalue weighted by Crippen LogP contribution is -1.89. The van der Waals surface area contributed by atoms with Crippen LogP contribution in [0.25, 0.3) is 0 Å². The number of halogens is 4. The largest absolute Gasteiger partial charge is 0.207 e. The van der Waals surface area contributed by atoms with Crippen molar-refractivity contribution in [1.29, 1.82) is 0 Å².